The summed E-state index contributed by atoms with van der Waals surface area (Å²) in [5, 5.41) is 0. The number of ketones is 1. The van der Waals surface area contributed by atoms with Crippen molar-refractivity contribution in [3.05, 3.63) is 48.1 Å². The fraction of sp³-hybridized carbons (Fsp3) is 0.450. The highest BCUT2D eigenvalue weighted by Crippen LogP contribution is 2.32. The van der Waals surface area contributed by atoms with Gasteiger partial charge in [-0.25, -0.2) is 0 Å². The molecule has 0 aromatic heterocycles. The third-order valence-electron chi connectivity index (χ3n) is 4.55. The van der Waals surface area contributed by atoms with Crippen LogP contribution >= 0.6 is 0 Å². The van der Waals surface area contributed by atoms with E-state index in [4.69, 9.17) is 9.47 Å². The number of aryl methyl sites for hydroxylation is 1. The monoisotopic (exact) mass is 312 g/mol. The summed E-state index contributed by atoms with van der Waals surface area (Å²) in [6, 6.07) is 6.08. The van der Waals surface area contributed by atoms with Gasteiger partial charge in [0.05, 0.1) is 0 Å². The molecule has 122 valence electrons. The van der Waals surface area contributed by atoms with Crippen molar-refractivity contribution in [3.8, 4) is 11.5 Å². The van der Waals surface area contributed by atoms with Gasteiger partial charge in [0.15, 0.2) is 17.3 Å². The number of ether oxygens (including phenoxy) is 2. The minimum Gasteiger partial charge on any atom is -0.454 e. The Labute approximate surface area is 138 Å². The van der Waals surface area contributed by atoms with Crippen molar-refractivity contribution < 1.29 is 14.3 Å². The Morgan fingerprint density at radius 2 is 1.91 bits per heavy atom. The number of fused-ring (bicyclic) bond motifs is 1. The molecule has 2 aliphatic rings. The quantitative estimate of drug-likeness (QED) is 0.568. The molecule has 0 radical (unpaired) electrons. The van der Waals surface area contributed by atoms with E-state index < -0.39 is 0 Å². The summed E-state index contributed by atoms with van der Waals surface area (Å²) in [6.07, 6.45) is 15.4. The summed E-state index contributed by atoms with van der Waals surface area (Å²) in [4.78, 5) is 12.0. The summed E-state index contributed by atoms with van der Waals surface area (Å²) in [5.74, 6) is 2.23. The smallest absolute Gasteiger partial charge is 0.231 e. The molecule has 0 spiro atoms. The van der Waals surface area contributed by atoms with Crippen molar-refractivity contribution >= 4 is 5.78 Å². The highest BCUT2D eigenvalue weighted by Gasteiger charge is 2.18. The number of benzene rings is 1. The lowest BCUT2D eigenvalue weighted by atomic mass is 9.86. The van der Waals surface area contributed by atoms with Gasteiger partial charge >= 0.3 is 0 Å². The van der Waals surface area contributed by atoms with Crippen LogP contribution in [0.5, 0.6) is 11.5 Å². The molecule has 1 heterocycles. The van der Waals surface area contributed by atoms with Crippen LogP contribution in [0.15, 0.2) is 42.5 Å². The lowest BCUT2D eigenvalue weighted by Gasteiger charge is -2.18. The second-order valence-electron chi connectivity index (χ2n) is 6.25. The first-order valence-corrected chi connectivity index (χ1v) is 8.58. The van der Waals surface area contributed by atoms with Gasteiger partial charge in [-0.2, -0.15) is 0 Å². The molecule has 1 aliphatic heterocycles. The Kier molecular flexibility index (Phi) is 5.51. The van der Waals surface area contributed by atoms with Crippen LogP contribution in [-0.2, 0) is 11.2 Å². The van der Waals surface area contributed by atoms with Gasteiger partial charge in [-0.3, -0.25) is 4.79 Å². The molecule has 3 nitrogen and oxygen atoms in total. The molecule has 0 bridgehead atoms. The molecule has 1 aliphatic carbocycles. The van der Waals surface area contributed by atoms with Crippen LogP contribution in [0.2, 0.25) is 0 Å². The van der Waals surface area contributed by atoms with Crippen molar-refractivity contribution in [3.63, 3.8) is 0 Å². The third-order valence-corrected chi connectivity index (χ3v) is 4.55. The first-order chi connectivity index (χ1) is 11.3. The van der Waals surface area contributed by atoms with Gasteiger partial charge in [0.25, 0.3) is 0 Å². The van der Waals surface area contributed by atoms with E-state index in [1.807, 2.05) is 24.3 Å². The molecule has 1 aromatic carbocycles. The Hall–Kier alpha value is -2.03. The average Bonchev–Trinajstić information content (AvgIpc) is 3.06. The maximum Gasteiger partial charge on any atom is 0.231 e. The summed E-state index contributed by atoms with van der Waals surface area (Å²) in [7, 11) is 0. The summed E-state index contributed by atoms with van der Waals surface area (Å²) < 4.78 is 10.7. The molecule has 0 atom stereocenters. The molecular weight excluding hydrogens is 288 g/mol. The second kappa shape index (κ2) is 8.00. The fourth-order valence-corrected chi connectivity index (χ4v) is 3.19. The molecule has 1 saturated carbocycles. The molecule has 0 saturated heterocycles. The molecule has 0 unspecified atom stereocenters. The molecule has 1 aromatic rings. The SMILES string of the molecule is O=C(C=CC=CCCc1ccc2c(c1)OCO2)C1CCCCC1. The van der Waals surface area contributed by atoms with Crippen molar-refractivity contribution in [2.24, 2.45) is 5.92 Å². The number of carbonyl (C=O) groups is 1. The van der Waals surface area contributed by atoms with E-state index >= 15 is 0 Å². The van der Waals surface area contributed by atoms with Gasteiger partial charge in [0.1, 0.15) is 0 Å². The number of rotatable bonds is 6. The number of allylic oxidation sites excluding steroid dienone is 4. The minimum absolute atomic E-state index is 0.266. The van der Waals surface area contributed by atoms with E-state index in [0.717, 1.165) is 37.2 Å². The van der Waals surface area contributed by atoms with E-state index in [1.54, 1.807) is 6.08 Å². The van der Waals surface area contributed by atoms with Crippen molar-refractivity contribution in [1.29, 1.82) is 0 Å². The maximum atomic E-state index is 12.0. The Morgan fingerprint density at radius 3 is 2.78 bits per heavy atom. The molecule has 3 heteroatoms. The van der Waals surface area contributed by atoms with E-state index in [1.165, 1.54) is 24.8 Å². The first-order valence-electron chi connectivity index (χ1n) is 8.58. The predicted octanol–water partition coefficient (Wildman–Crippen LogP) is 4.61. The molecular formula is C20H24O3. The molecule has 23 heavy (non-hydrogen) atoms. The Morgan fingerprint density at radius 1 is 1.09 bits per heavy atom. The second-order valence-corrected chi connectivity index (χ2v) is 6.25. The van der Waals surface area contributed by atoms with Gasteiger partial charge in [0.2, 0.25) is 6.79 Å². The summed E-state index contributed by atoms with van der Waals surface area (Å²) in [6.45, 7) is 0.318. The van der Waals surface area contributed by atoms with Crippen LogP contribution in [0.1, 0.15) is 44.1 Å². The van der Waals surface area contributed by atoms with Crippen LogP contribution < -0.4 is 9.47 Å². The van der Waals surface area contributed by atoms with Gasteiger partial charge in [-0.05, 0) is 49.5 Å². The van der Waals surface area contributed by atoms with Gasteiger partial charge in [0, 0.05) is 5.92 Å². The zero-order chi connectivity index (χ0) is 15.9. The topological polar surface area (TPSA) is 35.5 Å². The van der Waals surface area contributed by atoms with Gasteiger partial charge in [-0.1, -0.05) is 43.6 Å². The van der Waals surface area contributed by atoms with Crippen LogP contribution in [-0.4, -0.2) is 12.6 Å². The number of hydrogen-bond acceptors (Lipinski definition) is 3. The van der Waals surface area contributed by atoms with Crippen molar-refractivity contribution in [2.75, 3.05) is 6.79 Å². The zero-order valence-electron chi connectivity index (χ0n) is 13.5. The standard InChI is InChI=1S/C20H24O3/c21-18(17-9-5-3-6-10-17)11-7-2-1-4-8-16-12-13-19-20(14-16)23-15-22-19/h1-2,7,11-14,17H,3-6,8-10,15H2. The average molecular weight is 312 g/mol. The highest BCUT2D eigenvalue weighted by molar-refractivity contribution is 5.91. The summed E-state index contributed by atoms with van der Waals surface area (Å²) in [5.41, 5.74) is 1.24. The molecule has 0 N–H and O–H groups in total. The number of hydrogen-bond donors (Lipinski definition) is 0. The van der Waals surface area contributed by atoms with E-state index in [-0.39, 0.29) is 5.92 Å². The maximum absolute atomic E-state index is 12.0. The van der Waals surface area contributed by atoms with Crippen LogP contribution in [0.4, 0.5) is 0 Å². The minimum atomic E-state index is 0.266. The largest absolute Gasteiger partial charge is 0.454 e. The lowest BCUT2D eigenvalue weighted by Crippen LogP contribution is -2.15. The summed E-state index contributed by atoms with van der Waals surface area (Å²) >= 11 is 0. The van der Waals surface area contributed by atoms with E-state index in [9.17, 15) is 4.79 Å². The highest BCUT2D eigenvalue weighted by atomic mass is 16.7. The Balaban J connectivity index is 1.40. The molecule has 3 rings (SSSR count). The van der Waals surface area contributed by atoms with Gasteiger partial charge in [-0.15, -0.1) is 0 Å². The fourth-order valence-electron chi connectivity index (χ4n) is 3.19. The van der Waals surface area contributed by atoms with Crippen LogP contribution in [0.3, 0.4) is 0 Å². The first kappa shape index (κ1) is 15.9. The van der Waals surface area contributed by atoms with Crippen LogP contribution in [0.25, 0.3) is 0 Å². The zero-order valence-corrected chi connectivity index (χ0v) is 13.5. The van der Waals surface area contributed by atoms with Crippen molar-refractivity contribution in [2.45, 2.75) is 44.9 Å². The normalized spacial score (nSPS) is 18.1. The van der Waals surface area contributed by atoms with E-state index in [0.29, 0.717) is 12.6 Å². The Bertz CT molecular complexity index is 595. The van der Waals surface area contributed by atoms with Crippen molar-refractivity contribution in [1.82, 2.24) is 0 Å². The van der Waals surface area contributed by atoms with E-state index in [2.05, 4.69) is 12.1 Å². The van der Waals surface area contributed by atoms with Gasteiger partial charge < -0.3 is 9.47 Å². The molecule has 1 fully saturated rings. The lowest BCUT2D eigenvalue weighted by molar-refractivity contribution is -0.119. The molecule has 0 amide bonds. The third kappa shape index (κ3) is 4.47. The van der Waals surface area contributed by atoms with Crippen LogP contribution in [0, 0.1) is 5.92 Å². The number of carbonyl (C=O) groups excluding carboxylic acids is 1. The predicted molar refractivity (Wildman–Crippen MR) is 90.7 cm³/mol.